The van der Waals surface area contributed by atoms with Crippen LogP contribution in [0.1, 0.15) is 33.1 Å². The van der Waals surface area contributed by atoms with E-state index in [-0.39, 0.29) is 5.56 Å². The number of rotatable bonds is 4. The normalized spacial score (nSPS) is 13.4. The van der Waals surface area contributed by atoms with Gasteiger partial charge in [0.1, 0.15) is 0 Å². The first-order valence-corrected chi connectivity index (χ1v) is 7.46. The minimum Gasteiger partial charge on any atom is -0.479 e. The van der Waals surface area contributed by atoms with Crippen molar-refractivity contribution in [2.24, 2.45) is 7.05 Å². The lowest BCUT2D eigenvalue weighted by Crippen LogP contribution is -2.35. The van der Waals surface area contributed by atoms with E-state index in [1.165, 1.54) is 10.8 Å². The van der Waals surface area contributed by atoms with E-state index < -0.39 is 17.9 Å². The summed E-state index contributed by atoms with van der Waals surface area (Å²) in [5.41, 5.74) is 1.74. The number of pyridine rings is 1. The van der Waals surface area contributed by atoms with Gasteiger partial charge in [0.25, 0.3) is 11.5 Å². The standard InChI is InChI=1S/C18H16N2O4/c1-20-10-14(12-8-5-9-13(12)17(20)22)16(21)19-15(18(23)24)11-6-3-2-4-7-11/h2-8,10,15H,9H2,1H3,(H,19,21)(H,23,24)/t15-/m0/s1. The van der Waals surface area contributed by atoms with Crippen LogP contribution in [0.4, 0.5) is 0 Å². The summed E-state index contributed by atoms with van der Waals surface area (Å²) in [6.45, 7) is 0. The number of carboxylic acid groups (broad SMARTS) is 1. The molecular formula is C18H16N2O4. The van der Waals surface area contributed by atoms with Gasteiger partial charge in [-0.15, -0.1) is 0 Å². The number of aliphatic carboxylic acids is 1. The van der Waals surface area contributed by atoms with E-state index in [4.69, 9.17) is 0 Å². The highest BCUT2D eigenvalue weighted by molar-refractivity contribution is 6.00. The first kappa shape index (κ1) is 15.7. The Labute approximate surface area is 138 Å². The van der Waals surface area contributed by atoms with E-state index in [2.05, 4.69) is 5.32 Å². The third-order valence-electron chi connectivity index (χ3n) is 4.02. The van der Waals surface area contributed by atoms with Crippen LogP contribution >= 0.6 is 0 Å². The molecule has 0 saturated carbocycles. The van der Waals surface area contributed by atoms with E-state index in [9.17, 15) is 19.5 Å². The Hall–Kier alpha value is -3.15. The predicted octanol–water partition coefficient (Wildman–Crippen LogP) is 1.51. The molecule has 0 radical (unpaired) electrons. The first-order chi connectivity index (χ1) is 11.5. The third kappa shape index (κ3) is 2.74. The maximum absolute atomic E-state index is 12.6. The molecular weight excluding hydrogens is 308 g/mol. The molecule has 0 unspecified atom stereocenters. The molecule has 1 aromatic heterocycles. The molecule has 0 saturated heterocycles. The van der Waals surface area contributed by atoms with Crippen LogP contribution in [-0.4, -0.2) is 21.6 Å². The van der Waals surface area contributed by atoms with Crippen molar-refractivity contribution in [3.8, 4) is 0 Å². The second-order valence-corrected chi connectivity index (χ2v) is 5.61. The van der Waals surface area contributed by atoms with Crippen molar-refractivity contribution >= 4 is 18.0 Å². The van der Waals surface area contributed by atoms with E-state index in [1.54, 1.807) is 43.5 Å². The Balaban J connectivity index is 1.97. The highest BCUT2D eigenvalue weighted by atomic mass is 16.4. The summed E-state index contributed by atoms with van der Waals surface area (Å²) in [6, 6.07) is 7.33. The Bertz CT molecular complexity index is 897. The maximum atomic E-state index is 12.6. The number of carboxylic acids is 1. The number of hydrogen-bond acceptors (Lipinski definition) is 3. The van der Waals surface area contributed by atoms with Gasteiger partial charge in [0.05, 0.1) is 5.56 Å². The Morgan fingerprint density at radius 1 is 1.25 bits per heavy atom. The largest absolute Gasteiger partial charge is 0.479 e. The minimum atomic E-state index is -1.16. The minimum absolute atomic E-state index is 0.149. The average Bonchev–Trinajstić information content (AvgIpc) is 3.06. The quantitative estimate of drug-likeness (QED) is 0.892. The number of hydrogen-bond donors (Lipinski definition) is 2. The van der Waals surface area contributed by atoms with Crippen molar-refractivity contribution in [3.05, 3.63) is 75.2 Å². The number of nitrogens with zero attached hydrogens (tertiary/aromatic N) is 1. The Morgan fingerprint density at radius 2 is 1.96 bits per heavy atom. The SMILES string of the molecule is Cn1cc(C(=O)N[C@H](C(=O)O)c2ccccc2)c2c(c1=O)CC=C2. The lowest BCUT2D eigenvalue weighted by molar-refractivity contribution is -0.139. The van der Waals surface area contributed by atoms with E-state index in [0.29, 0.717) is 28.7 Å². The number of carbonyl (C=O) groups is 2. The Kier molecular flexibility index (Phi) is 4.04. The summed E-state index contributed by atoms with van der Waals surface area (Å²) < 4.78 is 1.35. The van der Waals surface area contributed by atoms with Crippen molar-refractivity contribution in [2.75, 3.05) is 0 Å². The summed E-state index contributed by atoms with van der Waals surface area (Å²) in [4.78, 5) is 36.3. The first-order valence-electron chi connectivity index (χ1n) is 7.46. The molecule has 0 bridgehead atoms. The van der Waals surface area contributed by atoms with Gasteiger partial charge in [-0.25, -0.2) is 4.79 Å². The van der Waals surface area contributed by atoms with Crippen molar-refractivity contribution in [1.29, 1.82) is 0 Å². The molecule has 3 rings (SSSR count). The highest BCUT2D eigenvalue weighted by Gasteiger charge is 2.25. The number of aryl methyl sites for hydroxylation is 1. The monoisotopic (exact) mass is 324 g/mol. The molecule has 1 amide bonds. The number of fused-ring (bicyclic) bond motifs is 1. The molecule has 1 aliphatic carbocycles. The Morgan fingerprint density at radius 3 is 2.62 bits per heavy atom. The summed E-state index contributed by atoms with van der Waals surface area (Å²) in [6.07, 6.45) is 5.46. The zero-order valence-corrected chi connectivity index (χ0v) is 13.0. The van der Waals surface area contributed by atoms with E-state index in [1.807, 2.05) is 6.08 Å². The molecule has 0 spiro atoms. The van der Waals surface area contributed by atoms with Crippen LogP contribution in [0, 0.1) is 0 Å². The highest BCUT2D eigenvalue weighted by Crippen LogP contribution is 2.21. The van der Waals surface area contributed by atoms with Crippen LogP contribution in [0.15, 0.2) is 47.4 Å². The van der Waals surface area contributed by atoms with Gasteiger partial charge in [0, 0.05) is 18.8 Å². The van der Waals surface area contributed by atoms with Gasteiger partial charge >= 0.3 is 5.97 Å². The molecule has 0 aliphatic heterocycles. The maximum Gasteiger partial charge on any atom is 0.330 e. The molecule has 2 aromatic rings. The van der Waals surface area contributed by atoms with Gasteiger partial charge in [-0.2, -0.15) is 0 Å². The number of carbonyl (C=O) groups excluding carboxylic acids is 1. The van der Waals surface area contributed by atoms with E-state index in [0.717, 1.165) is 0 Å². The fourth-order valence-electron chi connectivity index (χ4n) is 2.82. The summed E-state index contributed by atoms with van der Waals surface area (Å²) in [7, 11) is 1.57. The summed E-state index contributed by atoms with van der Waals surface area (Å²) in [5.74, 6) is -1.67. The van der Waals surface area contributed by atoms with Crippen molar-refractivity contribution in [3.63, 3.8) is 0 Å². The van der Waals surface area contributed by atoms with Gasteiger partial charge in [-0.05, 0) is 17.5 Å². The lowest BCUT2D eigenvalue weighted by Gasteiger charge is -2.16. The molecule has 0 fully saturated rings. The van der Waals surface area contributed by atoms with Crippen LogP contribution in [0.5, 0.6) is 0 Å². The summed E-state index contributed by atoms with van der Waals surface area (Å²) >= 11 is 0. The van der Waals surface area contributed by atoms with Crippen LogP contribution in [0.3, 0.4) is 0 Å². The smallest absolute Gasteiger partial charge is 0.330 e. The fourth-order valence-corrected chi connectivity index (χ4v) is 2.82. The average molecular weight is 324 g/mol. The van der Waals surface area contributed by atoms with Gasteiger partial charge < -0.3 is 15.0 Å². The van der Waals surface area contributed by atoms with Crippen LogP contribution < -0.4 is 10.9 Å². The molecule has 122 valence electrons. The molecule has 24 heavy (non-hydrogen) atoms. The van der Waals surface area contributed by atoms with Crippen molar-refractivity contribution in [2.45, 2.75) is 12.5 Å². The second kappa shape index (κ2) is 6.16. The fraction of sp³-hybridized carbons (Fsp3) is 0.167. The number of nitrogens with one attached hydrogen (secondary N) is 1. The van der Waals surface area contributed by atoms with Gasteiger partial charge in [0.2, 0.25) is 0 Å². The van der Waals surface area contributed by atoms with Crippen molar-refractivity contribution in [1.82, 2.24) is 9.88 Å². The van der Waals surface area contributed by atoms with Gasteiger partial charge in [0.15, 0.2) is 6.04 Å². The number of benzene rings is 1. The second-order valence-electron chi connectivity index (χ2n) is 5.61. The van der Waals surface area contributed by atoms with Gasteiger partial charge in [-0.1, -0.05) is 42.5 Å². The molecule has 1 atom stereocenters. The number of amides is 1. The summed E-state index contributed by atoms with van der Waals surface area (Å²) in [5, 5.41) is 12.0. The van der Waals surface area contributed by atoms with Crippen LogP contribution in [-0.2, 0) is 18.3 Å². The zero-order chi connectivity index (χ0) is 17.3. The molecule has 1 aromatic carbocycles. The number of allylic oxidation sites excluding steroid dienone is 1. The molecule has 2 N–H and O–H groups in total. The lowest BCUT2D eigenvalue weighted by atomic mass is 10.0. The zero-order valence-electron chi connectivity index (χ0n) is 13.0. The molecule has 6 nitrogen and oxygen atoms in total. The molecule has 1 aliphatic rings. The van der Waals surface area contributed by atoms with Gasteiger partial charge in [-0.3, -0.25) is 9.59 Å². The predicted molar refractivity (Wildman–Crippen MR) is 88.7 cm³/mol. The molecule has 6 heteroatoms. The number of aromatic nitrogens is 1. The molecule has 1 heterocycles. The topological polar surface area (TPSA) is 88.4 Å². The van der Waals surface area contributed by atoms with Crippen LogP contribution in [0.25, 0.3) is 6.08 Å². The van der Waals surface area contributed by atoms with Crippen molar-refractivity contribution < 1.29 is 14.7 Å². The van der Waals surface area contributed by atoms with E-state index >= 15 is 0 Å². The van der Waals surface area contributed by atoms with Crippen LogP contribution in [0.2, 0.25) is 0 Å². The third-order valence-corrected chi connectivity index (χ3v) is 4.02.